The van der Waals surface area contributed by atoms with Crippen LogP contribution in [0.15, 0.2) is 12.4 Å². The average Bonchev–Trinajstić information content (AvgIpc) is 2.48. The van der Waals surface area contributed by atoms with E-state index in [0.29, 0.717) is 6.42 Å². The molecule has 1 heterocycles. The SMILES string of the molecule is CCn1cc(CCC=O)cn1. The molecule has 0 aromatic carbocycles. The van der Waals surface area contributed by atoms with Gasteiger partial charge >= 0.3 is 0 Å². The van der Waals surface area contributed by atoms with Crippen molar-refractivity contribution in [2.45, 2.75) is 26.3 Å². The van der Waals surface area contributed by atoms with Crippen molar-refractivity contribution in [1.82, 2.24) is 9.78 Å². The van der Waals surface area contributed by atoms with Gasteiger partial charge in [-0.1, -0.05) is 0 Å². The van der Waals surface area contributed by atoms with Crippen LogP contribution in [0.3, 0.4) is 0 Å². The number of hydrogen-bond acceptors (Lipinski definition) is 2. The molecule has 60 valence electrons. The van der Waals surface area contributed by atoms with E-state index in [2.05, 4.69) is 5.10 Å². The quantitative estimate of drug-likeness (QED) is 0.604. The van der Waals surface area contributed by atoms with Gasteiger partial charge in [-0.3, -0.25) is 4.68 Å². The molecule has 0 saturated carbocycles. The maximum absolute atomic E-state index is 10.0. The van der Waals surface area contributed by atoms with Gasteiger partial charge < -0.3 is 4.79 Å². The van der Waals surface area contributed by atoms with E-state index in [-0.39, 0.29) is 0 Å². The molecule has 0 unspecified atom stereocenters. The summed E-state index contributed by atoms with van der Waals surface area (Å²) in [4.78, 5) is 10.0. The molecule has 0 atom stereocenters. The second-order valence-corrected chi connectivity index (χ2v) is 2.41. The van der Waals surface area contributed by atoms with Crippen LogP contribution in [0.2, 0.25) is 0 Å². The molecule has 3 heteroatoms. The summed E-state index contributed by atoms with van der Waals surface area (Å²) in [6.07, 6.45) is 6.12. The Morgan fingerprint density at radius 2 is 2.55 bits per heavy atom. The molecular weight excluding hydrogens is 140 g/mol. The second kappa shape index (κ2) is 3.91. The Morgan fingerprint density at radius 3 is 3.09 bits per heavy atom. The normalized spacial score (nSPS) is 9.91. The number of aldehydes is 1. The summed E-state index contributed by atoms with van der Waals surface area (Å²) in [5.74, 6) is 0. The van der Waals surface area contributed by atoms with Crippen LogP contribution in [-0.4, -0.2) is 16.1 Å². The fraction of sp³-hybridized carbons (Fsp3) is 0.500. The molecule has 0 amide bonds. The van der Waals surface area contributed by atoms with Crippen LogP contribution >= 0.6 is 0 Å². The second-order valence-electron chi connectivity index (χ2n) is 2.41. The van der Waals surface area contributed by atoms with Crippen LogP contribution in [0.5, 0.6) is 0 Å². The monoisotopic (exact) mass is 152 g/mol. The van der Waals surface area contributed by atoms with Crippen LogP contribution in [0, 0.1) is 0 Å². The predicted octanol–water partition coefficient (Wildman–Crippen LogP) is 1.03. The van der Waals surface area contributed by atoms with E-state index in [4.69, 9.17) is 0 Å². The number of aromatic nitrogens is 2. The Labute approximate surface area is 66.0 Å². The summed E-state index contributed by atoms with van der Waals surface area (Å²) < 4.78 is 1.86. The zero-order chi connectivity index (χ0) is 8.10. The van der Waals surface area contributed by atoms with Crippen molar-refractivity contribution in [2.75, 3.05) is 0 Å². The molecule has 0 N–H and O–H groups in total. The van der Waals surface area contributed by atoms with Gasteiger partial charge in [-0.25, -0.2) is 0 Å². The lowest BCUT2D eigenvalue weighted by Crippen LogP contribution is -1.92. The van der Waals surface area contributed by atoms with E-state index < -0.39 is 0 Å². The van der Waals surface area contributed by atoms with E-state index >= 15 is 0 Å². The molecule has 0 saturated heterocycles. The molecule has 0 radical (unpaired) electrons. The predicted molar refractivity (Wildman–Crippen MR) is 42.3 cm³/mol. The molecule has 11 heavy (non-hydrogen) atoms. The number of hydrogen-bond donors (Lipinski definition) is 0. The fourth-order valence-corrected chi connectivity index (χ4v) is 0.934. The van der Waals surface area contributed by atoms with Crippen LogP contribution in [0.25, 0.3) is 0 Å². The molecule has 1 aromatic heterocycles. The Kier molecular flexibility index (Phi) is 2.83. The Bertz CT molecular complexity index is 230. The number of carbonyl (C=O) groups is 1. The first-order valence-corrected chi connectivity index (χ1v) is 3.81. The van der Waals surface area contributed by atoms with Crippen molar-refractivity contribution in [1.29, 1.82) is 0 Å². The Balaban J connectivity index is 2.50. The van der Waals surface area contributed by atoms with Crippen LogP contribution in [-0.2, 0) is 17.8 Å². The Hall–Kier alpha value is -1.12. The minimum atomic E-state index is 0.593. The average molecular weight is 152 g/mol. The van der Waals surface area contributed by atoms with Crippen LogP contribution in [0.4, 0.5) is 0 Å². The number of carbonyl (C=O) groups excluding carboxylic acids is 1. The first kappa shape index (κ1) is 7.98. The highest BCUT2D eigenvalue weighted by Crippen LogP contribution is 1.99. The number of aryl methyl sites for hydroxylation is 2. The molecule has 3 nitrogen and oxygen atoms in total. The highest BCUT2D eigenvalue weighted by Gasteiger charge is 1.95. The third-order valence-electron chi connectivity index (χ3n) is 1.56. The van der Waals surface area contributed by atoms with Crippen molar-refractivity contribution in [3.8, 4) is 0 Å². The summed E-state index contributed by atoms with van der Waals surface area (Å²) in [5.41, 5.74) is 1.14. The highest BCUT2D eigenvalue weighted by molar-refractivity contribution is 5.49. The van der Waals surface area contributed by atoms with E-state index in [0.717, 1.165) is 24.8 Å². The molecular formula is C8H12N2O. The van der Waals surface area contributed by atoms with Crippen molar-refractivity contribution >= 4 is 6.29 Å². The zero-order valence-electron chi connectivity index (χ0n) is 6.66. The minimum Gasteiger partial charge on any atom is -0.303 e. The largest absolute Gasteiger partial charge is 0.303 e. The summed E-state index contributed by atoms with van der Waals surface area (Å²) >= 11 is 0. The summed E-state index contributed by atoms with van der Waals surface area (Å²) in [6, 6.07) is 0. The minimum absolute atomic E-state index is 0.593. The van der Waals surface area contributed by atoms with Gasteiger partial charge in [0.05, 0.1) is 6.20 Å². The molecule has 0 aliphatic heterocycles. The summed E-state index contributed by atoms with van der Waals surface area (Å²) in [7, 11) is 0. The zero-order valence-corrected chi connectivity index (χ0v) is 6.66. The highest BCUT2D eigenvalue weighted by atomic mass is 16.1. The molecule has 0 spiro atoms. The van der Waals surface area contributed by atoms with Gasteiger partial charge in [0.15, 0.2) is 0 Å². The summed E-state index contributed by atoms with van der Waals surface area (Å²) in [5, 5.41) is 4.09. The Morgan fingerprint density at radius 1 is 1.73 bits per heavy atom. The van der Waals surface area contributed by atoms with E-state index in [9.17, 15) is 4.79 Å². The maximum atomic E-state index is 10.0. The van der Waals surface area contributed by atoms with Gasteiger partial charge in [-0.15, -0.1) is 0 Å². The first-order chi connectivity index (χ1) is 5.36. The van der Waals surface area contributed by atoms with Gasteiger partial charge in [-0.05, 0) is 18.9 Å². The maximum Gasteiger partial charge on any atom is 0.120 e. The van der Waals surface area contributed by atoms with Crippen molar-refractivity contribution in [3.05, 3.63) is 18.0 Å². The van der Waals surface area contributed by atoms with Crippen molar-refractivity contribution < 1.29 is 4.79 Å². The van der Waals surface area contributed by atoms with Crippen molar-refractivity contribution in [2.24, 2.45) is 0 Å². The molecule has 0 bridgehead atoms. The molecule has 0 aliphatic carbocycles. The first-order valence-electron chi connectivity index (χ1n) is 3.81. The fourth-order valence-electron chi connectivity index (χ4n) is 0.934. The van der Waals surface area contributed by atoms with E-state index in [1.165, 1.54) is 0 Å². The number of nitrogens with zero attached hydrogens (tertiary/aromatic N) is 2. The lowest BCUT2D eigenvalue weighted by atomic mass is 10.2. The van der Waals surface area contributed by atoms with Gasteiger partial charge in [-0.2, -0.15) is 5.10 Å². The van der Waals surface area contributed by atoms with Crippen molar-refractivity contribution in [3.63, 3.8) is 0 Å². The topological polar surface area (TPSA) is 34.9 Å². The third-order valence-corrected chi connectivity index (χ3v) is 1.56. The van der Waals surface area contributed by atoms with E-state index in [1.54, 1.807) is 0 Å². The molecule has 1 aromatic rings. The third kappa shape index (κ3) is 2.18. The van der Waals surface area contributed by atoms with E-state index in [1.807, 2.05) is 24.0 Å². The molecule has 0 aliphatic rings. The standard InChI is InChI=1S/C8H12N2O/c1-2-10-7-8(6-9-10)4-3-5-11/h5-7H,2-4H2,1H3. The van der Waals surface area contributed by atoms with Crippen LogP contribution in [0.1, 0.15) is 18.9 Å². The van der Waals surface area contributed by atoms with Gasteiger partial charge in [0.1, 0.15) is 6.29 Å². The van der Waals surface area contributed by atoms with Gasteiger partial charge in [0.2, 0.25) is 0 Å². The van der Waals surface area contributed by atoms with Gasteiger partial charge in [0, 0.05) is 19.2 Å². The lowest BCUT2D eigenvalue weighted by molar-refractivity contribution is -0.107. The summed E-state index contributed by atoms with van der Waals surface area (Å²) in [6.45, 7) is 2.93. The molecule has 1 rings (SSSR count). The number of rotatable bonds is 4. The van der Waals surface area contributed by atoms with Crippen LogP contribution < -0.4 is 0 Å². The molecule has 0 fully saturated rings. The van der Waals surface area contributed by atoms with Gasteiger partial charge in [0.25, 0.3) is 0 Å². The lowest BCUT2D eigenvalue weighted by Gasteiger charge is -1.90. The smallest absolute Gasteiger partial charge is 0.120 e.